The topological polar surface area (TPSA) is 80.7 Å². The Hall–Kier alpha value is -3.18. The van der Waals surface area contributed by atoms with Gasteiger partial charge in [-0.3, -0.25) is 9.59 Å². The van der Waals surface area contributed by atoms with E-state index < -0.39 is 6.10 Å². The average Bonchev–Trinajstić information content (AvgIpc) is 2.63. The molecule has 0 aliphatic carbocycles. The van der Waals surface area contributed by atoms with Crippen molar-refractivity contribution < 1.29 is 13.9 Å². The van der Waals surface area contributed by atoms with Crippen molar-refractivity contribution in [2.24, 2.45) is 0 Å². The molecule has 26 heavy (non-hydrogen) atoms. The van der Waals surface area contributed by atoms with Crippen LogP contribution >= 0.6 is 0 Å². The molecule has 2 heterocycles. The number of aryl methyl sites for hydroxylation is 2. The second-order valence-corrected chi connectivity index (χ2v) is 6.44. The van der Waals surface area contributed by atoms with E-state index in [4.69, 9.17) is 8.83 Å². The first kappa shape index (κ1) is 16.3. The molecule has 1 N–H and O–H groups in total. The molecule has 0 fully saturated rings. The lowest BCUT2D eigenvalue weighted by molar-refractivity contribution is 0.213. The van der Waals surface area contributed by atoms with Crippen LogP contribution in [0.3, 0.4) is 0 Å². The van der Waals surface area contributed by atoms with Crippen molar-refractivity contribution in [3.63, 3.8) is 0 Å². The SMILES string of the molecule is Cc1ccc2occ(C(O)c3coc4ccc(C)cc4c3=O)c(=O)c2c1. The standard InChI is InChI=1S/C21H16O5/c1-11-3-5-17-13(7-11)19(22)15(9-25-17)21(24)16-10-26-18-6-4-12(2)8-14(18)20(16)23/h3-10,21,24H,1-2H3. The molecule has 2 aromatic heterocycles. The summed E-state index contributed by atoms with van der Waals surface area (Å²) in [5.74, 6) is 0. The van der Waals surface area contributed by atoms with Gasteiger partial charge in [0.1, 0.15) is 29.8 Å². The Labute approximate surface area is 148 Å². The Morgan fingerprint density at radius 2 is 1.19 bits per heavy atom. The van der Waals surface area contributed by atoms with Crippen LogP contribution in [0.4, 0.5) is 0 Å². The Morgan fingerprint density at radius 3 is 1.62 bits per heavy atom. The van der Waals surface area contributed by atoms with Crippen LogP contribution in [-0.4, -0.2) is 5.11 Å². The van der Waals surface area contributed by atoms with Gasteiger partial charge in [0.05, 0.1) is 21.9 Å². The van der Waals surface area contributed by atoms with Crippen LogP contribution < -0.4 is 10.9 Å². The summed E-state index contributed by atoms with van der Waals surface area (Å²) >= 11 is 0. The molecule has 0 atom stereocenters. The number of benzene rings is 2. The molecule has 0 aliphatic heterocycles. The van der Waals surface area contributed by atoms with Gasteiger partial charge in [0, 0.05) is 0 Å². The Kier molecular flexibility index (Phi) is 3.74. The van der Waals surface area contributed by atoms with E-state index in [1.807, 2.05) is 26.0 Å². The zero-order valence-corrected chi connectivity index (χ0v) is 14.3. The van der Waals surface area contributed by atoms with Gasteiger partial charge in [-0.05, 0) is 38.1 Å². The van der Waals surface area contributed by atoms with E-state index in [1.54, 1.807) is 24.3 Å². The van der Waals surface area contributed by atoms with Crippen molar-refractivity contribution in [2.75, 3.05) is 0 Å². The molecule has 5 nitrogen and oxygen atoms in total. The molecule has 4 aromatic rings. The summed E-state index contributed by atoms with van der Waals surface area (Å²) in [4.78, 5) is 25.5. The van der Waals surface area contributed by atoms with Crippen LogP contribution in [-0.2, 0) is 0 Å². The highest BCUT2D eigenvalue weighted by molar-refractivity contribution is 5.79. The van der Waals surface area contributed by atoms with Gasteiger partial charge in [-0.15, -0.1) is 0 Å². The lowest BCUT2D eigenvalue weighted by atomic mass is 10.0. The molecule has 0 bridgehead atoms. The minimum atomic E-state index is -1.43. The maximum atomic E-state index is 12.8. The van der Waals surface area contributed by atoms with Gasteiger partial charge >= 0.3 is 0 Å². The molecule has 4 rings (SSSR count). The van der Waals surface area contributed by atoms with E-state index in [1.165, 1.54) is 12.5 Å². The molecule has 0 unspecified atom stereocenters. The monoisotopic (exact) mass is 348 g/mol. The summed E-state index contributed by atoms with van der Waals surface area (Å²) in [5, 5.41) is 11.4. The largest absolute Gasteiger partial charge is 0.464 e. The third-order valence-electron chi connectivity index (χ3n) is 4.50. The lowest BCUT2D eigenvalue weighted by Crippen LogP contribution is -2.20. The van der Waals surface area contributed by atoms with Gasteiger partial charge in [-0.2, -0.15) is 0 Å². The summed E-state index contributed by atoms with van der Waals surface area (Å²) in [5.41, 5.74) is 1.92. The van der Waals surface area contributed by atoms with E-state index in [2.05, 4.69) is 0 Å². The fourth-order valence-electron chi connectivity index (χ4n) is 3.06. The molecular weight excluding hydrogens is 332 g/mol. The molecule has 0 spiro atoms. The predicted molar refractivity (Wildman–Crippen MR) is 98.5 cm³/mol. The summed E-state index contributed by atoms with van der Waals surface area (Å²) in [6, 6.07) is 10.5. The molecule has 0 aliphatic rings. The third kappa shape index (κ3) is 2.53. The zero-order valence-electron chi connectivity index (χ0n) is 14.3. The second-order valence-electron chi connectivity index (χ2n) is 6.44. The van der Waals surface area contributed by atoms with Crippen molar-refractivity contribution in [1.29, 1.82) is 0 Å². The highest BCUT2D eigenvalue weighted by Gasteiger charge is 2.21. The zero-order chi connectivity index (χ0) is 18.4. The van der Waals surface area contributed by atoms with Crippen LogP contribution in [0.5, 0.6) is 0 Å². The Bertz CT molecular complexity index is 1160. The van der Waals surface area contributed by atoms with E-state index >= 15 is 0 Å². The van der Waals surface area contributed by atoms with Crippen LogP contribution in [0.1, 0.15) is 28.4 Å². The molecule has 0 saturated carbocycles. The molecule has 0 saturated heterocycles. The van der Waals surface area contributed by atoms with E-state index in [9.17, 15) is 14.7 Å². The summed E-state index contributed by atoms with van der Waals surface area (Å²) < 4.78 is 11.0. The summed E-state index contributed by atoms with van der Waals surface area (Å²) in [7, 11) is 0. The van der Waals surface area contributed by atoms with Crippen molar-refractivity contribution in [3.8, 4) is 0 Å². The lowest BCUT2D eigenvalue weighted by Gasteiger charge is -2.11. The first-order valence-corrected chi connectivity index (χ1v) is 8.18. The first-order valence-electron chi connectivity index (χ1n) is 8.18. The number of rotatable bonds is 2. The van der Waals surface area contributed by atoms with Gasteiger partial charge in [0.15, 0.2) is 10.9 Å². The van der Waals surface area contributed by atoms with Gasteiger partial charge in [0.25, 0.3) is 0 Å². The van der Waals surface area contributed by atoms with Gasteiger partial charge < -0.3 is 13.9 Å². The number of aliphatic hydroxyl groups excluding tert-OH is 1. The third-order valence-corrected chi connectivity index (χ3v) is 4.50. The highest BCUT2D eigenvalue weighted by atomic mass is 16.3. The maximum absolute atomic E-state index is 12.8. The van der Waals surface area contributed by atoms with Crippen LogP contribution in [0.25, 0.3) is 21.9 Å². The quantitative estimate of drug-likeness (QED) is 0.599. The van der Waals surface area contributed by atoms with Crippen molar-refractivity contribution in [3.05, 3.63) is 91.6 Å². The van der Waals surface area contributed by atoms with Crippen molar-refractivity contribution in [2.45, 2.75) is 20.0 Å². The van der Waals surface area contributed by atoms with Crippen molar-refractivity contribution >= 4 is 21.9 Å². The van der Waals surface area contributed by atoms with E-state index in [0.717, 1.165) is 11.1 Å². The molecule has 0 amide bonds. The smallest absolute Gasteiger partial charge is 0.198 e. The number of hydrogen-bond donors (Lipinski definition) is 1. The maximum Gasteiger partial charge on any atom is 0.198 e. The van der Waals surface area contributed by atoms with E-state index in [-0.39, 0.29) is 22.0 Å². The number of fused-ring (bicyclic) bond motifs is 2. The van der Waals surface area contributed by atoms with Crippen LogP contribution in [0.15, 0.2) is 67.3 Å². The number of hydrogen-bond acceptors (Lipinski definition) is 5. The minimum Gasteiger partial charge on any atom is -0.464 e. The molecular formula is C21H16O5. The van der Waals surface area contributed by atoms with Crippen molar-refractivity contribution in [1.82, 2.24) is 0 Å². The Balaban J connectivity index is 1.92. The first-order chi connectivity index (χ1) is 12.5. The summed E-state index contributed by atoms with van der Waals surface area (Å²) in [6.45, 7) is 3.73. The molecule has 5 heteroatoms. The van der Waals surface area contributed by atoms with Gasteiger partial charge in [-0.1, -0.05) is 23.3 Å². The average molecular weight is 348 g/mol. The fraction of sp³-hybridized carbons (Fsp3) is 0.143. The number of aliphatic hydroxyl groups is 1. The van der Waals surface area contributed by atoms with Gasteiger partial charge in [-0.25, -0.2) is 0 Å². The predicted octanol–water partition coefficient (Wildman–Crippen LogP) is 3.60. The normalized spacial score (nSPS) is 11.5. The Morgan fingerprint density at radius 1 is 0.769 bits per heavy atom. The molecule has 2 aromatic carbocycles. The van der Waals surface area contributed by atoms with E-state index in [0.29, 0.717) is 21.9 Å². The molecule has 0 radical (unpaired) electrons. The second kappa shape index (κ2) is 5.97. The van der Waals surface area contributed by atoms with Crippen LogP contribution in [0.2, 0.25) is 0 Å². The van der Waals surface area contributed by atoms with Gasteiger partial charge in [0.2, 0.25) is 0 Å². The fourth-order valence-corrected chi connectivity index (χ4v) is 3.06. The van der Waals surface area contributed by atoms with Crippen LogP contribution in [0, 0.1) is 13.8 Å². The summed E-state index contributed by atoms with van der Waals surface area (Å²) in [6.07, 6.45) is 0.965. The minimum absolute atomic E-state index is 0.00223. The highest BCUT2D eigenvalue weighted by Crippen LogP contribution is 2.23. The molecule has 130 valence electrons.